The van der Waals surface area contributed by atoms with Gasteiger partial charge in [0.05, 0.1) is 18.5 Å². The van der Waals surface area contributed by atoms with Gasteiger partial charge in [0.15, 0.2) is 0 Å². The zero-order valence-electron chi connectivity index (χ0n) is 12.3. The van der Waals surface area contributed by atoms with E-state index in [4.69, 9.17) is 4.74 Å². The minimum atomic E-state index is -3.37. The van der Waals surface area contributed by atoms with Gasteiger partial charge in [0.25, 0.3) is 5.91 Å². The maximum atomic E-state index is 12.2. The molecule has 1 amide bonds. The second-order valence-corrected chi connectivity index (χ2v) is 8.13. The molecule has 0 aliphatic carbocycles. The second-order valence-electron chi connectivity index (χ2n) is 5.12. The van der Waals surface area contributed by atoms with Crippen LogP contribution >= 0.6 is 15.9 Å². The topological polar surface area (TPSA) is 75.7 Å². The number of nitrogens with zero attached hydrogens (tertiary/aromatic N) is 1. The molecule has 1 fully saturated rings. The van der Waals surface area contributed by atoms with E-state index in [-0.39, 0.29) is 24.3 Å². The van der Waals surface area contributed by atoms with Crippen LogP contribution < -0.4 is 5.32 Å². The fourth-order valence-corrected chi connectivity index (χ4v) is 4.00. The smallest absolute Gasteiger partial charge is 0.251 e. The maximum Gasteiger partial charge on any atom is 0.251 e. The molecule has 1 saturated heterocycles. The summed E-state index contributed by atoms with van der Waals surface area (Å²) in [5.74, 6) is -0.397. The lowest BCUT2D eigenvalue weighted by Crippen LogP contribution is -2.46. The van der Waals surface area contributed by atoms with Gasteiger partial charge in [0.2, 0.25) is 10.0 Å². The van der Waals surface area contributed by atoms with Crippen molar-refractivity contribution >= 4 is 31.9 Å². The van der Waals surface area contributed by atoms with Crippen molar-refractivity contribution in [2.45, 2.75) is 13.0 Å². The lowest BCUT2D eigenvalue weighted by Gasteiger charge is -2.30. The van der Waals surface area contributed by atoms with Gasteiger partial charge in [-0.1, -0.05) is 22.0 Å². The first-order chi connectivity index (χ1) is 10.4. The molecule has 2 rings (SSSR count). The molecular weight excluding hydrogens is 372 g/mol. The van der Waals surface area contributed by atoms with Crippen molar-refractivity contribution in [3.63, 3.8) is 0 Å². The molecule has 0 spiro atoms. The number of rotatable bonds is 5. The number of amides is 1. The molecule has 1 atom stereocenters. The summed E-state index contributed by atoms with van der Waals surface area (Å²) in [4.78, 5) is 12.0. The molecule has 1 aliphatic rings. The van der Waals surface area contributed by atoms with E-state index in [2.05, 4.69) is 21.2 Å². The standard InChI is InChI=1S/C14H19BrN2O4S/c1-11-10-17(6-7-21-11)22(19,20)8-5-16-14(18)12-3-2-4-13(15)9-12/h2-4,9,11H,5-8,10H2,1H3,(H,16,18). The van der Waals surface area contributed by atoms with E-state index >= 15 is 0 Å². The summed E-state index contributed by atoms with van der Waals surface area (Å²) in [6.07, 6.45) is -0.0974. The van der Waals surface area contributed by atoms with Crippen LogP contribution in [0.15, 0.2) is 28.7 Å². The van der Waals surface area contributed by atoms with E-state index in [0.29, 0.717) is 25.3 Å². The number of halogens is 1. The number of ether oxygens (including phenoxy) is 1. The Morgan fingerprint density at radius 1 is 1.50 bits per heavy atom. The van der Waals surface area contributed by atoms with Gasteiger partial charge >= 0.3 is 0 Å². The molecule has 0 bridgehead atoms. The number of nitrogens with one attached hydrogen (secondary N) is 1. The molecule has 1 aromatic rings. The summed E-state index contributed by atoms with van der Waals surface area (Å²) in [5, 5.41) is 2.64. The summed E-state index contributed by atoms with van der Waals surface area (Å²) in [6, 6.07) is 6.94. The Balaban J connectivity index is 1.86. The van der Waals surface area contributed by atoms with Gasteiger partial charge in [-0.05, 0) is 25.1 Å². The third-order valence-corrected chi connectivity index (χ3v) is 5.66. The highest BCUT2D eigenvalue weighted by molar-refractivity contribution is 9.10. The van der Waals surface area contributed by atoms with Crippen molar-refractivity contribution in [2.24, 2.45) is 0 Å². The molecule has 1 heterocycles. The lowest BCUT2D eigenvalue weighted by atomic mass is 10.2. The molecule has 0 saturated carbocycles. The summed E-state index contributed by atoms with van der Waals surface area (Å²) < 4.78 is 32.0. The van der Waals surface area contributed by atoms with Gasteiger partial charge in [0, 0.05) is 29.7 Å². The van der Waals surface area contributed by atoms with Gasteiger partial charge in [-0.15, -0.1) is 0 Å². The average Bonchev–Trinajstić information content (AvgIpc) is 2.47. The summed E-state index contributed by atoms with van der Waals surface area (Å²) in [5.41, 5.74) is 0.492. The summed E-state index contributed by atoms with van der Waals surface area (Å²) in [6.45, 7) is 3.06. The quantitative estimate of drug-likeness (QED) is 0.820. The SMILES string of the molecule is CC1CN(S(=O)(=O)CCNC(=O)c2cccc(Br)c2)CCO1. The largest absolute Gasteiger partial charge is 0.376 e. The zero-order valence-corrected chi connectivity index (χ0v) is 14.7. The fourth-order valence-electron chi connectivity index (χ4n) is 2.19. The number of benzene rings is 1. The number of hydrogen-bond donors (Lipinski definition) is 1. The highest BCUT2D eigenvalue weighted by Crippen LogP contribution is 2.12. The van der Waals surface area contributed by atoms with E-state index < -0.39 is 10.0 Å². The zero-order chi connectivity index (χ0) is 16.2. The van der Waals surface area contributed by atoms with Crippen molar-refractivity contribution in [1.29, 1.82) is 0 Å². The molecule has 1 unspecified atom stereocenters. The van der Waals surface area contributed by atoms with Crippen molar-refractivity contribution < 1.29 is 17.9 Å². The van der Waals surface area contributed by atoms with Crippen LogP contribution in [0.2, 0.25) is 0 Å². The van der Waals surface area contributed by atoms with Crippen LogP contribution in [0.3, 0.4) is 0 Å². The van der Waals surface area contributed by atoms with Crippen LogP contribution in [0, 0.1) is 0 Å². The van der Waals surface area contributed by atoms with Crippen LogP contribution in [0.4, 0.5) is 0 Å². The third kappa shape index (κ3) is 4.77. The molecular formula is C14H19BrN2O4S. The van der Waals surface area contributed by atoms with Gasteiger partial charge in [-0.25, -0.2) is 8.42 Å². The molecule has 8 heteroatoms. The van der Waals surface area contributed by atoms with Gasteiger partial charge in [0.1, 0.15) is 0 Å². The van der Waals surface area contributed by atoms with Crippen LogP contribution in [0.25, 0.3) is 0 Å². The van der Waals surface area contributed by atoms with E-state index in [1.54, 1.807) is 18.2 Å². The van der Waals surface area contributed by atoms with Crippen LogP contribution in [-0.2, 0) is 14.8 Å². The summed E-state index contributed by atoms with van der Waals surface area (Å²) in [7, 11) is -3.37. The van der Waals surface area contributed by atoms with E-state index in [1.807, 2.05) is 13.0 Å². The van der Waals surface area contributed by atoms with Crippen LogP contribution in [-0.4, -0.2) is 56.7 Å². The van der Waals surface area contributed by atoms with E-state index in [0.717, 1.165) is 4.47 Å². The Morgan fingerprint density at radius 3 is 2.95 bits per heavy atom. The normalized spacial score (nSPS) is 19.8. The van der Waals surface area contributed by atoms with Gasteiger partial charge < -0.3 is 10.1 Å². The van der Waals surface area contributed by atoms with Gasteiger partial charge in [-0.2, -0.15) is 4.31 Å². The van der Waals surface area contributed by atoms with Crippen molar-refractivity contribution in [3.8, 4) is 0 Å². The number of morpholine rings is 1. The first kappa shape index (κ1) is 17.4. The highest BCUT2D eigenvalue weighted by atomic mass is 79.9. The number of hydrogen-bond acceptors (Lipinski definition) is 4. The summed E-state index contributed by atoms with van der Waals surface area (Å²) >= 11 is 3.29. The number of carbonyl (C=O) groups excluding carboxylic acids is 1. The molecule has 6 nitrogen and oxygen atoms in total. The Hall–Kier alpha value is -0.960. The van der Waals surface area contributed by atoms with E-state index in [1.165, 1.54) is 4.31 Å². The molecule has 1 aliphatic heterocycles. The first-order valence-electron chi connectivity index (χ1n) is 7.02. The van der Waals surface area contributed by atoms with E-state index in [9.17, 15) is 13.2 Å². The molecule has 1 aromatic carbocycles. The second kappa shape index (κ2) is 7.54. The van der Waals surface area contributed by atoms with Gasteiger partial charge in [-0.3, -0.25) is 4.79 Å². The monoisotopic (exact) mass is 390 g/mol. The fraction of sp³-hybridized carbons (Fsp3) is 0.500. The Morgan fingerprint density at radius 2 is 2.27 bits per heavy atom. The number of carbonyl (C=O) groups is 1. The average molecular weight is 391 g/mol. The Labute approximate surface area is 139 Å². The Bertz CT molecular complexity index is 635. The minimum absolute atomic E-state index is 0.0828. The maximum absolute atomic E-state index is 12.2. The minimum Gasteiger partial charge on any atom is -0.376 e. The molecule has 0 radical (unpaired) electrons. The predicted molar refractivity (Wildman–Crippen MR) is 87.2 cm³/mol. The van der Waals surface area contributed by atoms with Crippen molar-refractivity contribution in [3.05, 3.63) is 34.3 Å². The highest BCUT2D eigenvalue weighted by Gasteiger charge is 2.27. The third-order valence-electron chi connectivity index (χ3n) is 3.33. The van der Waals surface area contributed by atoms with Crippen molar-refractivity contribution in [1.82, 2.24) is 9.62 Å². The van der Waals surface area contributed by atoms with Crippen molar-refractivity contribution in [2.75, 3.05) is 32.0 Å². The molecule has 22 heavy (non-hydrogen) atoms. The molecule has 1 N–H and O–H groups in total. The lowest BCUT2D eigenvalue weighted by molar-refractivity contribution is 0.0102. The van der Waals surface area contributed by atoms with Crippen LogP contribution in [0.5, 0.6) is 0 Å². The van der Waals surface area contributed by atoms with Crippen LogP contribution in [0.1, 0.15) is 17.3 Å². The number of sulfonamides is 1. The Kier molecular flexibility index (Phi) is 5.96. The molecule has 122 valence electrons. The predicted octanol–water partition coefficient (Wildman–Crippen LogP) is 1.23. The molecule has 0 aromatic heterocycles. The first-order valence-corrected chi connectivity index (χ1v) is 9.42.